The van der Waals surface area contributed by atoms with Crippen LogP contribution in [0.2, 0.25) is 0 Å². The number of nitrogens with zero attached hydrogens (tertiary/aromatic N) is 1. The van der Waals surface area contributed by atoms with Crippen molar-refractivity contribution in [2.45, 2.75) is 50.9 Å². The molecule has 30 heavy (non-hydrogen) atoms. The van der Waals surface area contributed by atoms with E-state index in [2.05, 4.69) is 4.99 Å². The molecule has 1 aromatic carbocycles. The van der Waals surface area contributed by atoms with Gasteiger partial charge in [0.05, 0.1) is 31.5 Å². The average molecular weight is 434 g/mol. The fourth-order valence-electron chi connectivity index (χ4n) is 3.27. The Labute approximate surface area is 171 Å². The maximum absolute atomic E-state index is 14.5. The van der Waals surface area contributed by atoms with Gasteiger partial charge in [-0.25, -0.2) is 13.2 Å². The van der Waals surface area contributed by atoms with Crippen LogP contribution in [0.3, 0.4) is 0 Å². The molecule has 2 fully saturated rings. The summed E-state index contributed by atoms with van der Waals surface area (Å²) in [5, 5.41) is 19.2. The topological polar surface area (TPSA) is 102 Å². The summed E-state index contributed by atoms with van der Waals surface area (Å²) < 4.78 is 64.4. The first-order valence-corrected chi connectivity index (χ1v) is 9.73. The first-order chi connectivity index (χ1) is 14.5. The summed E-state index contributed by atoms with van der Waals surface area (Å²) in [6.07, 6.45) is 0.198. The minimum Gasteiger partial charge on any atom is -0.394 e. The molecule has 0 amide bonds. The number of hydrogen-bond donors (Lipinski definition) is 3. The molecule has 2 saturated heterocycles. The molecule has 3 N–H and O–H groups in total. The highest BCUT2D eigenvalue weighted by atomic mass is 19.2. The second-order valence-corrected chi connectivity index (χ2v) is 7.01. The van der Waals surface area contributed by atoms with Gasteiger partial charge in [-0.2, -0.15) is 0 Å². The number of benzene rings is 1. The molecule has 3 unspecified atom stereocenters. The van der Waals surface area contributed by atoms with Gasteiger partial charge in [-0.1, -0.05) is 0 Å². The molecule has 0 aromatic heterocycles. The van der Waals surface area contributed by atoms with Crippen molar-refractivity contribution in [3.63, 3.8) is 0 Å². The second kappa shape index (κ2) is 10.5. The Bertz CT molecular complexity index is 754. The van der Waals surface area contributed by atoms with Gasteiger partial charge in [0.15, 0.2) is 35.9 Å². The quantitative estimate of drug-likeness (QED) is 0.262. The number of aliphatic imine (C=N–C) groups is 1. The molecule has 3 atom stereocenters. The van der Waals surface area contributed by atoms with E-state index < -0.39 is 60.2 Å². The summed E-state index contributed by atoms with van der Waals surface area (Å²) in [6, 6.07) is -0.00386. The highest BCUT2D eigenvalue weighted by Crippen LogP contribution is 2.30. The van der Waals surface area contributed by atoms with Crippen molar-refractivity contribution in [1.29, 1.82) is 0 Å². The van der Waals surface area contributed by atoms with Crippen molar-refractivity contribution in [2.24, 2.45) is 4.99 Å². The van der Waals surface area contributed by atoms with Gasteiger partial charge in [-0.3, -0.25) is 15.7 Å². The van der Waals surface area contributed by atoms with E-state index in [0.717, 1.165) is 18.9 Å². The fraction of sp³-hybridized carbons (Fsp3) is 0.632. The molecule has 1 aromatic rings. The zero-order valence-corrected chi connectivity index (χ0v) is 16.4. The van der Waals surface area contributed by atoms with Crippen LogP contribution >= 0.6 is 0 Å². The predicted octanol–water partition coefficient (Wildman–Crippen LogP) is 2.17. The molecule has 0 radical (unpaired) electrons. The molecule has 11 heteroatoms. The van der Waals surface area contributed by atoms with Crippen molar-refractivity contribution >= 4 is 5.84 Å². The number of rotatable bonds is 7. The molecular weight excluding hydrogens is 409 g/mol. The lowest BCUT2D eigenvalue weighted by molar-refractivity contribution is -0.189. The van der Waals surface area contributed by atoms with Crippen LogP contribution in [0, 0.1) is 17.5 Å². The maximum atomic E-state index is 14.5. The zero-order valence-electron chi connectivity index (χ0n) is 16.4. The normalized spacial score (nSPS) is 22.9. The number of ether oxygens (including phenoxy) is 4. The van der Waals surface area contributed by atoms with Crippen LogP contribution in [-0.2, 0) is 18.9 Å². The summed E-state index contributed by atoms with van der Waals surface area (Å²) in [7, 11) is 0. The molecule has 2 aliphatic rings. The SMILES string of the molecule is CC(OC1CCCCO1)C(CO)N=C(NO)c1cc(C2OCCO2)c(F)c(F)c1F. The molecular formula is C19H25F3N2O6. The third-order valence-electron chi connectivity index (χ3n) is 4.94. The molecule has 0 aliphatic carbocycles. The number of halogens is 3. The van der Waals surface area contributed by atoms with Gasteiger partial charge in [0.2, 0.25) is 0 Å². The molecule has 2 aliphatic heterocycles. The van der Waals surface area contributed by atoms with Crippen LogP contribution < -0.4 is 5.48 Å². The smallest absolute Gasteiger partial charge is 0.195 e. The van der Waals surface area contributed by atoms with Gasteiger partial charge in [0.1, 0.15) is 6.04 Å². The average Bonchev–Trinajstić information content (AvgIpc) is 3.29. The summed E-state index contributed by atoms with van der Waals surface area (Å²) >= 11 is 0. The van der Waals surface area contributed by atoms with Crippen molar-refractivity contribution in [3.05, 3.63) is 34.6 Å². The highest BCUT2D eigenvalue weighted by Gasteiger charge is 2.30. The fourth-order valence-corrected chi connectivity index (χ4v) is 3.27. The standard InChI is InChI=1S/C19H25F3N2O6/c1-10(30-14-4-2-3-5-27-14)13(9-25)23-18(24-26)11-8-12(19-28-6-7-29-19)16(21)17(22)15(11)20/h8,10,13-14,19,25-26H,2-7,9H2,1H3,(H,23,24). The van der Waals surface area contributed by atoms with E-state index in [1.54, 1.807) is 12.4 Å². The van der Waals surface area contributed by atoms with Crippen LogP contribution in [0.25, 0.3) is 0 Å². The summed E-state index contributed by atoms with van der Waals surface area (Å²) in [6.45, 7) is 2.02. The Morgan fingerprint density at radius 2 is 1.90 bits per heavy atom. The number of amidine groups is 1. The summed E-state index contributed by atoms with van der Waals surface area (Å²) in [5.74, 6) is -5.28. The Morgan fingerprint density at radius 1 is 1.17 bits per heavy atom. The first-order valence-electron chi connectivity index (χ1n) is 9.73. The van der Waals surface area contributed by atoms with Crippen molar-refractivity contribution in [3.8, 4) is 0 Å². The van der Waals surface area contributed by atoms with Crippen LogP contribution in [0.4, 0.5) is 13.2 Å². The Hall–Kier alpha value is -1.76. The summed E-state index contributed by atoms with van der Waals surface area (Å²) in [5.41, 5.74) is 0.767. The highest BCUT2D eigenvalue weighted by molar-refractivity contribution is 5.98. The van der Waals surface area contributed by atoms with E-state index in [1.807, 2.05) is 0 Å². The maximum Gasteiger partial charge on any atom is 0.195 e. The molecule has 0 spiro atoms. The van der Waals surface area contributed by atoms with Crippen LogP contribution in [-0.4, -0.2) is 61.0 Å². The van der Waals surface area contributed by atoms with Gasteiger partial charge < -0.3 is 24.1 Å². The number of nitrogens with one attached hydrogen (secondary N) is 1. The number of aliphatic hydroxyl groups excluding tert-OH is 1. The first kappa shape index (κ1) is 22.9. The lowest BCUT2D eigenvalue weighted by Gasteiger charge is -2.28. The van der Waals surface area contributed by atoms with Gasteiger partial charge in [-0.05, 0) is 32.3 Å². The lowest BCUT2D eigenvalue weighted by Crippen LogP contribution is -2.36. The van der Waals surface area contributed by atoms with Crippen LogP contribution in [0.15, 0.2) is 11.1 Å². The predicted molar refractivity (Wildman–Crippen MR) is 97.4 cm³/mol. The van der Waals surface area contributed by atoms with Crippen LogP contribution in [0.1, 0.15) is 43.6 Å². The van der Waals surface area contributed by atoms with E-state index in [0.29, 0.717) is 13.0 Å². The third kappa shape index (κ3) is 5.10. The van der Waals surface area contributed by atoms with Gasteiger partial charge in [0, 0.05) is 12.2 Å². The Kier molecular flexibility index (Phi) is 8.03. The molecule has 3 rings (SSSR count). The van der Waals surface area contributed by atoms with Gasteiger partial charge >= 0.3 is 0 Å². The molecule has 0 bridgehead atoms. The summed E-state index contributed by atoms with van der Waals surface area (Å²) in [4.78, 5) is 4.06. The molecule has 168 valence electrons. The Balaban J connectivity index is 1.87. The number of hydrogen-bond acceptors (Lipinski definition) is 7. The number of hydroxylamine groups is 1. The van der Waals surface area contributed by atoms with E-state index >= 15 is 0 Å². The van der Waals surface area contributed by atoms with E-state index in [-0.39, 0.29) is 18.8 Å². The van der Waals surface area contributed by atoms with Crippen molar-refractivity contribution in [1.82, 2.24) is 5.48 Å². The van der Waals surface area contributed by atoms with E-state index in [4.69, 9.17) is 18.9 Å². The zero-order chi connectivity index (χ0) is 21.7. The Morgan fingerprint density at radius 3 is 2.50 bits per heavy atom. The van der Waals surface area contributed by atoms with Crippen molar-refractivity contribution < 1.29 is 42.4 Å². The molecule has 0 saturated carbocycles. The number of aliphatic hydroxyl groups is 1. The third-order valence-corrected chi connectivity index (χ3v) is 4.94. The molecule has 8 nitrogen and oxygen atoms in total. The van der Waals surface area contributed by atoms with Crippen LogP contribution in [0.5, 0.6) is 0 Å². The molecule has 2 heterocycles. The largest absolute Gasteiger partial charge is 0.394 e. The van der Waals surface area contributed by atoms with Gasteiger partial charge in [0.25, 0.3) is 0 Å². The monoisotopic (exact) mass is 434 g/mol. The lowest BCUT2D eigenvalue weighted by atomic mass is 10.1. The van der Waals surface area contributed by atoms with Gasteiger partial charge in [-0.15, -0.1) is 0 Å². The van der Waals surface area contributed by atoms with E-state index in [1.165, 1.54) is 0 Å². The van der Waals surface area contributed by atoms with Crippen molar-refractivity contribution in [2.75, 3.05) is 26.4 Å². The minimum absolute atomic E-state index is 0.169. The van der Waals surface area contributed by atoms with E-state index in [9.17, 15) is 23.5 Å². The minimum atomic E-state index is -1.76. The second-order valence-electron chi connectivity index (χ2n) is 7.01.